The molecular formula is C16H24N2O. The summed E-state index contributed by atoms with van der Waals surface area (Å²) in [5.74, 6) is 1.60. The molecule has 0 aliphatic heterocycles. The van der Waals surface area contributed by atoms with Crippen LogP contribution in [0.15, 0.2) is 24.3 Å². The molecule has 0 saturated heterocycles. The van der Waals surface area contributed by atoms with Crippen LogP contribution in [0, 0.1) is 17.2 Å². The number of hydrogen-bond acceptors (Lipinski definition) is 3. The second kappa shape index (κ2) is 8.55. The molecule has 104 valence electrons. The summed E-state index contributed by atoms with van der Waals surface area (Å²) >= 11 is 0. The van der Waals surface area contributed by atoms with Crippen LogP contribution in [0.25, 0.3) is 0 Å². The fourth-order valence-electron chi connectivity index (χ4n) is 1.74. The molecule has 0 aliphatic carbocycles. The van der Waals surface area contributed by atoms with Gasteiger partial charge in [0.15, 0.2) is 0 Å². The molecule has 0 radical (unpaired) electrons. The lowest BCUT2D eigenvalue weighted by Crippen LogP contribution is -2.23. The van der Waals surface area contributed by atoms with E-state index in [2.05, 4.69) is 31.9 Å². The van der Waals surface area contributed by atoms with Crippen molar-refractivity contribution in [1.29, 1.82) is 5.26 Å². The van der Waals surface area contributed by atoms with Gasteiger partial charge >= 0.3 is 0 Å². The molecule has 0 aromatic heterocycles. The second-order valence-corrected chi connectivity index (χ2v) is 5.32. The maximum atomic E-state index is 8.70. The van der Waals surface area contributed by atoms with E-state index >= 15 is 0 Å². The number of nitrogens with zero attached hydrogens (tertiary/aromatic N) is 2. The lowest BCUT2D eigenvalue weighted by atomic mass is 10.1. The Bertz CT molecular complexity index is 392. The summed E-state index contributed by atoms with van der Waals surface area (Å²) in [7, 11) is 2.16. The first-order chi connectivity index (χ1) is 9.11. The number of ether oxygens (including phenoxy) is 1. The van der Waals surface area contributed by atoms with Crippen LogP contribution in [-0.4, -0.2) is 31.6 Å². The highest BCUT2D eigenvalue weighted by Crippen LogP contribution is 2.11. The molecule has 0 unspecified atom stereocenters. The fraction of sp³-hybridized carbons (Fsp3) is 0.562. The molecule has 0 heterocycles. The standard InChI is InChI=1S/C16H24N2O/c1-14(2)9-11-18(3)10-4-12-19-16-7-5-15(13-17)6-8-16/h5-8,14H,4,9-12H2,1-3H3. The molecule has 0 aliphatic rings. The Morgan fingerprint density at radius 3 is 2.47 bits per heavy atom. The van der Waals surface area contributed by atoms with Crippen molar-refractivity contribution >= 4 is 0 Å². The van der Waals surface area contributed by atoms with Crippen molar-refractivity contribution in [3.63, 3.8) is 0 Å². The minimum Gasteiger partial charge on any atom is -0.494 e. The van der Waals surface area contributed by atoms with E-state index in [0.29, 0.717) is 5.56 Å². The molecule has 1 aromatic rings. The average molecular weight is 260 g/mol. The third-order valence-corrected chi connectivity index (χ3v) is 3.02. The van der Waals surface area contributed by atoms with Gasteiger partial charge in [-0.05, 0) is 56.6 Å². The summed E-state index contributed by atoms with van der Waals surface area (Å²) < 4.78 is 5.65. The van der Waals surface area contributed by atoms with Gasteiger partial charge in [-0.2, -0.15) is 5.26 Å². The predicted octanol–water partition coefficient (Wildman–Crippen LogP) is 3.31. The second-order valence-electron chi connectivity index (χ2n) is 5.32. The first-order valence-electron chi connectivity index (χ1n) is 6.93. The molecule has 19 heavy (non-hydrogen) atoms. The molecule has 0 bridgehead atoms. The molecule has 3 nitrogen and oxygen atoms in total. The van der Waals surface area contributed by atoms with Crippen molar-refractivity contribution in [3.8, 4) is 11.8 Å². The molecular weight excluding hydrogens is 236 g/mol. The molecule has 0 saturated carbocycles. The van der Waals surface area contributed by atoms with Crippen molar-refractivity contribution in [2.24, 2.45) is 5.92 Å². The number of nitriles is 1. The molecule has 0 amide bonds. The van der Waals surface area contributed by atoms with Crippen molar-refractivity contribution in [2.45, 2.75) is 26.7 Å². The van der Waals surface area contributed by atoms with E-state index in [1.54, 1.807) is 12.1 Å². The van der Waals surface area contributed by atoms with E-state index < -0.39 is 0 Å². The Labute approximate surface area is 116 Å². The van der Waals surface area contributed by atoms with Crippen LogP contribution in [0.5, 0.6) is 5.75 Å². The normalized spacial score (nSPS) is 10.7. The highest BCUT2D eigenvalue weighted by Gasteiger charge is 2.01. The van der Waals surface area contributed by atoms with Crippen molar-refractivity contribution < 1.29 is 4.74 Å². The number of benzene rings is 1. The van der Waals surface area contributed by atoms with Gasteiger partial charge < -0.3 is 9.64 Å². The van der Waals surface area contributed by atoms with Gasteiger partial charge in [-0.15, -0.1) is 0 Å². The Hall–Kier alpha value is -1.53. The van der Waals surface area contributed by atoms with Crippen LogP contribution in [0.2, 0.25) is 0 Å². The first-order valence-corrected chi connectivity index (χ1v) is 6.93. The Morgan fingerprint density at radius 2 is 1.89 bits per heavy atom. The number of rotatable bonds is 8. The van der Waals surface area contributed by atoms with Crippen LogP contribution in [0.4, 0.5) is 0 Å². The zero-order valence-corrected chi connectivity index (χ0v) is 12.2. The largest absolute Gasteiger partial charge is 0.494 e. The van der Waals surface area contributed by atoms with E-state index in [1.807, 2.05) is 12.1 Å². The highest BCUT2D eigenvalue weighted by molar-refractivity contribution is 5.34. The smallest absolute Gasteiger partial charge is 0.119 e. The Morgan fingerprint density at radius 1 is 1.21 bits per heavy atom. The minimum atomic E-state index is 0.667. The average Bonchev–Trinajstić information content (AvgIpc) is 2.42. The maximum absolute atomic E-state index is 8.70. The summed E-state index contributed by atoms with van der Waals surface area (Å²) in [5, 5.41) is 8.70. The molecule has 1 aromatic carbocycles. The predicted molar refractivity (Wildman–Crippen MR) is 78.2 cm³/mol. The van der Waals surface area contributed by atoms with Gasteiger partial charge in [0.1, 0.15) is 5.75 Å². The lowest BCUT2D eigenvalue weighted by Gasteiger charge is -2.17. The van der Waals surface area contributed by atoms with Gasteiger partial charge in [-0.1, -0.05) is 13.8 Å². The third kappa shape index (κ3) is 6.83. The van der Waals surface area contributed by atoms with Crippen LogP contribution in [0.1, 0.15) is 32.3 Å². The van der Waals surface area contributed by atoms with Crippen LogP contribution in [-0.2, 0) is 0 Å². The molecule has 3 heteroatoms. The molecule has 1 rings (SSSR count). The van der Waals surface area contributed by atoms with Gasteiger partial charge in [0.2, 0.25) is 0 Å². The monoisotopic (exact) mass is 260 g/mol. The SMILES string of the molecule is CC(C)CCN(C)CCCOc1ccc(C#N)cc1. The van der Waals surface area contributed by atoms with Gasteiger partial charge in [0.25, 0.3) is 0 Å². The molecule has 0 spiro atoms. The van der Waals surface area contributed by atoms with E-state index in [0.717, 1.165) is 37.8 Å². The number of hydrogen-bond donors (Lipinski definition) is 0. The lowest BCUT2D eigenvalue weighted by molar-refractivity contribution is 0.255. The molecule has 0 atom stereocenters. The topological polar surface area (TPSA) is 36.3 Å². The third-order valence-electron chi connectivity index (χ3n) is 3.02. The maximum Gasteiger partial charge on any atom is 0.119 e. The first kappa shape index (κ1) is 15.5. The molecule has 0 N–H and O–H groups in total. The van der Waals surface area contributed by atoms with E-state index in [9.17, 15) is 0 Å². The van der Waals surface area contributed by atoms with Crippen LogP contribution >= 0.6 is 0 Å². The molecule has 0 fully saturated rings. The van der Waals surface area contributed by atoms with Gasteiger partial charge in [-0.3, -0.25) is 0 Å². The zero-order chi connectivity index (χ0) is 14.1. The highest BCUT2D eigenvalue weighted by atomic mass is 16.5. The van der Waals surface area contributed by atoms with Crippen LogP contribution in [0.3, 0.4) is 0 Å². The summed E-state index contributed by atoms with van der Waals surface area (Å²) in [6.45, 7) is 7.43. The fourth-order valence-corrected chi connectivity index (χ4v) is 1.74. The summed E-state index contributed by atoms with van der Waals surface area (Å²) in [6.07, 6.45) is 2.27. The van der Waals surface area contributed by atoms with Gasteiger partial charge in [0, 0.05) is 6.54 Å². The summed E-state index contributed by atoms with van der Waals surface area (Å²) in [5.41, 5.74) is 0.667. The van der Waals surface area contributed by atoms with Gasteiger partial charge in [-0.25, -0.2) is 0 Å². The minimum absolute atomic E-state index is 0.667. The zero-order valence-electron chi connectivity index (χ0n) is 12.2. The van der Waals surface area contributed by atoms with Crippen molar-refractivity contribution in [2.75, 3.05) is 26.7 Å². The van der Waals surface area contributed by atoms with E-state index in [4.69, 9.17) is 10.00 Å². The quantitative estimate of drug-likeness (QED) is 0.673. The van der Waals surface area contributed by atoms with Crippen molar-refractivity contribution in [3.05, 3.63) is 29.8 Å². The summed E-state index contributed by atoms with van der Waals surface area (Å²) in [6, 6.07) is 9.36. The summed E-state index contributed by atoms with van der Waals surface area (Å²) in [4.78, 5) is 2.35. The Kier molecular flexibility index (Phi) is 6.99. The van der Waals surface area contributed by atoms with Crippen LogP contribution < -0.4 is 4.74 Å². The van der Waals surface area contributed by atoms with E-state index in [1.165, 1.54) is 6.42 Å². The Balaban J connectivity index is 2.14. The van der Waals surface area contributed by atoms with Gasteiger partial charge in [0.05, 0.1) is 18.2 Å². The van der Waals surface area contributed by atoms with E-state index in [-0.39, 0.29) is 0 Å². The van der Waals surface area contributed by atoms with Crippen molar-refractivity contribution in [1.82, 2.24) is 4.90 Å².